The minimum atomic E-state index is -0.827. The molecule has 0 N–H and O–H groups in total. The lowest BCUT2D eigenvalue weighted by Crippen LogP contribution is -2.30. The molecule has 0 saturated heterocycles. The summed E-state index contributed by atoms with van der Waals surface area (Å²) in [5.74, 6) is -1.01. The first-order chi connectivity index (χ1) is 36.0. The summed E-state index contributed by atoms with van der Waals surface area (Å²) >= 11 is 0. The highest BCUT2D eigenvalue weighted by Gasteiger charge is 2.19. The van der Waals surface area contributed by atoms with E-state index in [9.17, 15) is 14.4 Å². The Morgan fingerprint density at radius 2 is 0.521 bits per heavy atom. The van der Waals surface area contributed by atoms with Gasteiger partial charge in [-0.25, -0.2) is 0 Å². The van der Waals surface area contributed by atoms with E-state index in [0.717, 1.165) is 89.9 Å². The number of hydrogen-bond donors (Lipinski definition) is 0. The molecule has 6 heteroatoms. The molecule has 0 aromatic rings. The Morgan fingerprint density at radius 1 is 0.274 bits per heavy atom. The van der Waals surface area contributed by atoms with Crippen LogP contribution < -0.4 is 0 Å². The molecule has 0 spiro atoms. The van der Waals surface area contributed by atoms with Crippen LogP contribution in [0.15, 0.2) is 97.2 Å². The molecule has 73 heavy (non-hydrogen) atoms. The van der Waals surface area contributed by atoms with Crippen LogP contribution in [0.2, 0.25) is 0 Å². The van der Waals surface area contributed by atoms with Crippen molar-refractivity contribution in [2.24, 2.45) is 0 Å². The van der Waals surface area contributed by atoms with Gasteiger partial charge >= 0.3 is 17.9 Å². The molecule has 0 aliphatic heterocycles. The minimum Gasteiger partial charge on any atom is -0.462 e. The molecule has 0 heterocycles. The molecule has 0 unspecified atom stereocenters. The third-order valence-corrected chi connectivity index (χ3v) is 13.1. The molecule has 0 fully saturated rings. The summed E-state index contributed by atoms with van der Waals surface area (Å²) in [6, 6.07) is 0. The Balaban J connectivity index is 4.51. The van der Waals surface area contributed by atoms with Crippen molar-refractivity contribution in [1.29, 1.82) is 0 Å². The molecule has 0 rings (SSSR count). The minimum absolute atomic E-state index is 0.113. The highest BCUT2D eigenvalue weighted by molar-refractivity contribution is 5.71. The number of carbonyl (C=O) groups excluding carboxylic acids is 3. The molecule has 1 atom stereocenters. The highest BCUT2D eigenvalue weighted by atomic mass is 16.6. The Morgan fingerprint density at radius 3 is 0.849 bits per heavy atom. The smallest absolute Gasteiger partial charge is 0.306 e. The van der Waals surface area contributed by atoms with Crippen LogP contribution in [0.4, 0.5) is 0 Å². The largest absolute Gasteiger partial charge is 0.462 e. The summed E-state index contributed by atoms with van der Waals surface area (Å²) in [4.78, 5) is 38.2. The van der Waals surface area contributed by atoms with Crippen LogP contribution >= 0.6 is 0 Å². The number of carbonyl (C=O) groups is 3. The lowest BCUT2D eigenvalue weighted by molar-refractivity contribution is -0.166. The van der Waals surface area contributed by atoms with Gasteiger partial charge < -0.3 is 14.2 Å². The average molecular weight is 1020 g/mol. The van der Waals surface area contributed by atoms with E-state index in [1.54, 1.807) is 0 Å². The van der Waals surface area contributed by atoms with Crippen molar-refractivity contribution in [2.45, 2.75) is 297 Å². The van der Waals surface area contributed by atoms with Gasteiger partial charge in [-0.3, -0.25) is 14.4 Å². The number of allylic oxidation sites excluding steroid dienone is 16. The number of ether oxygens (including phenoxy) is 3. The van der Waals surface area contributed by atoms with Gasteiger partial charge in [0.25, 0.3) is 0 Å². The Bertz CT molecular complexity index is 1440. The molecule has 0 bridgehead atoms. The Hall–Kier alpha value is -3.67. The van der Waals surface area contributed by atoms with Crippen molar-refractivity contribution in [3.8, 4) is 0 Å². The van der Waals surface area contributed by atoms with Crippen molar-refractivity contribution < 1.29 is 28.6 Å². The van der Waals surface area contributed by atoms with Crippen LogP contribution in [0.25, 0.3) is 0 Å². The predicted molar refractivity (Wildman–Crippen MR) is 316 cm³/mol. The van der Waals surface area contributed by atoms with Gasteiger partial charge in [-0.2, -0.15) is 0 Å². The maximum atomic E-state index is 12.9. The second-order valence-corrected chi connectivity index (χ2v) is 20.3. The SMILES string of the molecule is CCCCC/C=C\C/C=C\C/C=C\C/C=C\C/C=C\CCC(=O)O[C@H](COC(=O)CCCCCC/C=C\C/C=C\C/C=C\CCCCC)COC(=O)CCCCCCCCCCCCCCCCCCCCC. The van der Waals surface area contributed by atoms with Crippen molar-refractivity contribution in [3.63, 3.8) is 0 Å². The number of unbranched alkanes of at least 4 members (excludes halogenated alkanes) is 28. The zero-order chi connectivity index (χ0) is 52.9. The van der Waals surface area contributed by atoms with Crippen LogP contribution in [0.1, 0.15) is 290 Å². The maximum absolute atomic E-state index is 12.9. The van der Waals surface area contributed by atoms with Crippen LogP contribution in [0, 0.1) is 0 Å². The fourth-order valence-electron chi connectivity index (χ4n) is 8.43. The molecule has 418 valence electrons. The summed E-state index contributed by atoms with van der Waals surface area (Å²) in [6.07, 6.45) is 81.3. The normalized spacial score (nSPS) is 12.8. The van der Waals surface area contributed by atoms with E-state index in [1.165, 1.54) is 154 Å². The predicted octanol–water partition coefficient (Wildman–Crippen LogP) is 20.9. The van der Waals surface area contributed by atoms with E-state index in [0.29, 0.717) is 19.3 Å². The van der Waals surface area contributed by atoms with E-state index >= 15 is 0 Å². The molecule has 0 aromatic carbocycles. The standard InChI is InChI=1S/C67H114O6/c1-4-7-10-13-16-19-22-25-28-31-33-36-39-42-45-48-51-54-57-60-66(69)72-63-64(62-71-65(68)59-56-53-50-47-44-41-38-35-30-27-24-21-18-15-12-9-6-3)73-67(70)61-58-55-52-49-46-43-40-37-34-32-29-26-23-20-17-14-11-8-5-2/h17-18,20-21,26-27,29-30,34,37-38,41,43,46,52,55,64H,4-16,19,22-25,28,31-33,35-36,39-40,42,44-45,47-51,53-54,56-63H2,1-3H3/b20-17-,21-18-,29-26-,30-27-,37-34-,41-38-,46-43-,55-52-/t64-/m1/s1. The fourth-order valence-corrected chi connectivity index (χ4v) is 8.43. The topological polar surface area (TPSA) is 78.9 Å². The van der Waals surface area contributed by atoms with E-state index in [1.807, 2.05) is 6.08 Å². The van der Waals surface area contributed by atoms with Gasteiger partial charge in [0.2, 0.25) is 0 Å². The zero-order valence-electron chi connectivity index (χ0n) is 47.9. The van der Waals surface area contributed by atoms with Crippen LogP contribution in [-0.4, -0.2) is 37.2 Å². The van der Waals surface area contributed by atoms with Crippen LogP contribution in [-0.2, 0) is 28.6 Å². The molecular weight excluding hydrogens is 901 g/mol. The van der Waals surface area contributed by atoms with Gasteiger partial charge in [-0.1, -0.05) is 272 Å². The molecule has 6 nitrogen and oxygen atoms in total. The van der Waals surface area contributed by atoms with Crippen molar-refractivity contribution in [2.75, 3.05) is 13.2 Å². The van der Waals surface area contributed by atoms with Gasteiger partial charge in [0, 0.05) is 19.3 Å². The van der Waals surface area contributed by atoms with Crippen LogP contribution in [0.3, 0.4) is 0 Å². The molecular formula is C67H114O6. The van der Waals surface area contributed by atoms with Gasteiger partial charge in [-0.15, -0.1) is 0 Å². The van der Waals surface area contributed by atoms with Gasteiger partial charge in [-0.05, 0) is 96.3 Å². The quantitative estimate of drug-likeness (QED) is 0.0261. The lowest BCUT2D eigenvalue weighted by Gasteiger charge is -2.18. The zero-order valence-corrected chi connectivity index (χ0v) is 47.9. The molecule has 0 aliphatic rings. The lowest BCUT2D eigenvalue weighted by atomic mass is 10.0. The second kappa shape index (κ2) is 60.9. The fraction of sp³-hybridized carbons (Fsp3) is 0.716. The van der Waals surface area contributed by atoms with Crippen molar-refractivity contribution in [3.05, 3.63) is 97.2 Å². The third-order valence-electron chi connectivity index (χ3n) is 13.1. The molecule has 0 aliphatic carbocycles. The summed E-state index contributed by atoms with van der Waals surface area (Å²) < 4.78 is 16.8. The average Bonchev–Trinajstić information content (AvgIpc) is 3.39. The molecule has 0 amide bonds. The van der Waals surface area contributed by atoms with E-state index in [2.05, 4.69) is 112 Å². The summed E-state index contributed by atoms with van der Waals surface area (Å²) in [7, 11) is 0. The maximum Gasteiger partial charge on any atom is 0.306 e. The molecule has 0 radical (unpaired) electrons. The Kier molecular flexibility index (Phi) is 57.8. The Labute approximate surface area is 451 Å². The van der Waals surface area contributed by atoms with Gasteiger partial charge in [0.05, 0.1) is 0 Å². The van der Waals surface area contributed by atoms with Crippen molar-refractivity contribution in [1.82, 2.24) is 0 Å². The first-order valence-corrected chi connectivity index (χ1v) is 30.7. The summed E-state index contributed by atoms with van der Waals surface area (Å²) in [5.41, 5.74) is 0. The molecule has 0 saturated carbocycles. The van der Waals surface area contributed by atoms with Gasteiger partial charge in [0.15, 0.2) is 6.10 Å². The van der Waals surface area contributed by atoms with Crippen LogP contribution in [0.5, 0.6) is 0 Å². The number of rotatable bonds is 55. The summed E-state index contributed by atoms with van der Waals surface area (Å²) in [5, 5.41) is 0. The highest BCUT2D eigenvalue weighted by Crippen LogP contribution is 2.16. The van der Waals surface area contributed by atoms with Crippen molar-refractivity contribution >= 4 is 17.9 Å². The van der Waals surface area contributed by atoms with Gasteiger partial charge in [0.1, 0.15) is 13.2 Å². The summed E-state index contributed by atoms with van der Waals surface area (Å²) in [6.45, 7) is 6.53. The first-order valence-electron chi connectivity index (χ1n) is 30.7. The third kappa shape index (κ3) is 59.1. The monoisotopic (exact) mass is 1010 g/mol. The number of esters is 3. The van der Waals surface area contributed by atoms with E-state index in [4.69, 9.17) is 14.2 Å². The molecule has 0 aromatic heterocycles. The second-order valence-electron chi connectivity index (χ2n) is 20.3. The van der Waals surface area contributed by atoms with E-state index < -0.39 is 12.1 Å². The number of hydrogen-bond acceptors (Lipinski definition) is 6. The first kappa shape index (κ1) is 69.3. The van der Waals surface area contributed by atoms with E-state index in [-0.39, 0.29) is 31.6 Å².